The molecule has 1 aromatic rings. The van der Waals surface area contributed by atoms with Gasteiger partial charge < -0.3 is 15.4 Å². The number of rotatable bonds is 7. The van der Waals surface area contributed by atoms with Gasteiger partial charge in [-0.25, -0.2) is 0 Å². The van der Waals surface area contributed by atoms with E-state index in [1.165, 1.54) is 25.7 Å². The van der Waals surface area contributed by atoms with Crippen molar-refractivity contribution in [3.63, 3.8) is 0 Å². The molecular formula is C19H26N2O3. The third-order valence-electron chi connectivity index (χ3n) is 4.92. The van der Waals surface area contributed by atoms with Crippen LogP contribution in [-0.2, 0) is 16.0 Å². The number of hydrogen-bond acceptors (Lipinski definition) is 3. The highest BCUT2D eigenvalue weighted by molar-refractivity contribution is 5.94. The Morgan fingerprint density at radius 2 is 2.08 bits per heavy atom. The fourth-order valence-corrected chi connectivity index (χ4v) is 3.51. The van der Waals surface area contributed by atoms with Crippen LogP contribution in [0.5, 0.6) is 5.75 Å². The predicted molar refractivity (Wildman–Crippen MR) is 93.1 cm³/mol. The summed E-state index contributed by atoms with van der Waals surface area (Å²) in [6.45, 7) is 1.16. The fraction of sp³-hybridized carbons (Fsp3) is 0.579. The lowest BCUT2D eigenvalue weighted by molar-refractivity contribution is -0.121. The number of amides is 2. The monoisotopic (exact) mass is 330 g/mol. The standard InChI is InChI=1S/C19H26N2O3/c22-18(20-11-9-14-3-1-2-4-14)10-12-24-16-6-7-17-15(13-16)5-8-19(23)21-17/h6-7,13-14H,1-5,8-12H2,(H,20,22)(H,21,23). The molecular weight excluding hydrogens is 304 g/mol. The zero-order chi connectivity index (χ0) is 16.8. The Morgan fingerprint density at radius 3 is 2.92 bits per heavy atom. The van der Waals surface area contributed by atoms with Crippen LogP contribution >= 0.6 is 0 Å². The Kier molecular flexibility index (Phi) is 5.72. The number of anilines is 1. The van der Waals surface area contributed by atoms with E-state index in [-0.39, 0.29) is 11.8 Å². The van der Waals surface area contributed by atoms with Gasteiger partial charge in [-0.1, -0.05) is 25.7 Å². The molecule has 5 heteroatoms. The van der Waals surface area contributed by atoms with E-state index in [0.29, 0.717) is 19.4 Å². The van der Waals surface area contributed by atoms with Crippen molar-refractivity contribution in [2.75, 3.05) is 18.5 Å². The van der Waals surface area contributed by atoms with Crippen molar-refractivity contribution >= 4 is 17.5 Å². The molecule has 2 N–H and O–H groups in total. The molecule has 0 saturated heterocycles. The second-order valence-corrected chi connectivity index (χ2v) is 6.75. The molecule has 1 saturated carbocycles. The predicted octanol–water partition coefficient (Wildman–Crippen LogP) is 3.04. The van der Waals surface area contributed by atoms with Gasteiger partial charge in [0.15, 0.2) is 0 Å². The largest absolute Gasteiger partial charge is 0.493 e. The van der Waals surface area contributed by atoms with Crippen LogP contribution in [0.2, 0.25) is 0 Å². The van der Waals surface area contributed by atoms with Crippen LogP contribution in [0.25, 0.3) is 0 Å². The van der Waals surface area contributed by atoms with Crippen molar-refractivity contribution in [1.82, 2.24) is 5.32 Å². The van der Waals surface area contributed by atoms with E-state index in [4.69, 9.17) is 4.74 Å². The summed E-state index contributed by atoms with van der Waals surface area (Å²) < 4.78 is 5.68. The maximum atomic E-state index is 11.8. The van der Waals surface area contributed by atoms with Gasteiger partial charge in [0.1, 0.15) is 5.75 Å². The molecule has 1 heterocycles. The van der Waals surface area contributed by atoms with Crippen molar-refractivity contribution in [3.8, 4) is 5.75 Å². The molecule has 0 radical (unpaired) electrons. The average Bonchev–Trinajstić information content (AvgIpc) is 3.08. The van der Waals surface area contributed by atoms with Gasteiger partial charge in [-0.2, -0.15) is 0 Å². The summed E-state index contributed by atoms with van der Waals surface area (Å²) in [4.78, 5) is 23.2. The van der Waals surface area contributed by atoms with Crippen LogP contribution in [0.3, 0.4) is 0 Å². The van der Waals surface area contributed by atoms with Gasteiger partial charge in [0.2, 0.25) is 11.8 Å². The summed E-state index contributed by atoms with van der Waals surface area (Å²) in [5, 5.41) is 5.83. The first-order chi connectivity index (χ1) is 11.7. The van der Waals surface area contributed by atoms with E-state index >= 15 is 0 Å². The van der Waals surface area contributed by atoms with E-state index in [0.717, 1.165) is 42.3 Å². The van der Waals surface area contributed by atoms with Crippen molar-refractivity contribution in [2.24, 2.45) is 5.92 Å². The van der Waals surface area contributed by atoms with Crippen molar-refractivity contribution in [2.45, 2.75) is 51.4 Å². The SMILES string of the molecule is O=C(CCOc1ccc2c(c1)CCC(=O)N2)NCCC1CCCC1. The van der Waals surface area contributed by atoms with Crippen LogP contribution in [-0.4, -0.2) is 25.0 Å². The zero-order valence-corrected chi connectivity index (χ0v) is 14.1. The lowest BCUT2D eigenvalue weighted by atomic mass is 10.0. The third kappa shape index (κ3) is 4.73. The summed E-state index contributed by atoms with van der Waals surface area (Å²) >= 11 is 0. The molecule has 1 fully saturated rings. The molecule has 1 aliphatic carbocycles. The maximum absolute atomic E-state index is 11.8. The Labute approximate surface area is 143 Å². The number of carbonyl (C=O) groups excluding carboxylic acids is 2. The van der Waals surface area contributed by atoms with E-state index in [2.05, 4.69) is 10.6 Å². The molecule has 1 aromatic carbocycles. The molecule has 5 nitrogen and oxygen atoms in total. The minimum absolute atomic E-state index is 0.0539. The molecule has 0 spiro atoms. The number of fused-ring (bicyclic) bond motifs is 1. The first kappa shape index (κ1) is 16.8. The van der Waals surface area contributed by atoms with Crippen molar-refractivity contribution in [3.05, 3.63) is 23.8 Å². The molecule has 3 rings (SSSR count). The number of ether oxygens (including phenoxy) is 1. The van der Waals surface area contributed by atoms with Crippen LogP contribution in [0.4, 0.5) is 5.69 Å². The Morgan fingerprint density at radius 1 is 1.25 bits per heavy atom. The smallest absolute Gasteiger partial charge is 0.224 e. The normalized spacial score (nSPS) is 17.2. The second-order valence-electron chi connectivity index (χ2n) is 6.75. The number of nitrogens with one attached hydrogen (secondary N) is 2. The quantitative estimate of drug-likeness (QED) is 0.807. The van der Waals surface area contributed by atoms with Gasteiger partial charge in [0, 0.05) is 18.7 Å². The van der Waals surface area contributed by atoms with Gasteiger partial charge in [-0.15, -0.1) is 0 Å². The summed E-state index contributed by atoms with van der Waals surface area (Å²) in [7, 11) is 0. The van der Waals surface area contributed by atoms with E-state index < -0.39 is 0 Å². The van der Waals surface area contributed by atoms with Crippen molar-refractivity contribution < 1.29 is 14.3 Å². The number of benzene rings is 1. The molecule has 0 atom stereocenters. The minimum atomic E-state index is 0.0539. The topological polar surface area (TPSA) is 67.4 Å². The molecule has 0 unspecified atom stereocenters. The molecule has 2 amide bonds. The molecule has 0 aromatic heterocycles. The lowest BCUT2D eigenvalue weighted by Crippen LogP contribution is -2.27. The highest BCUT2D eigenvalue weighted by Crippen LogP contribution is 2.27. The minimum Gasteiger partial charge on any atom is -0.493 e. The fourth-order valence-electron chi connectivity index (χ4n) is 3.51. The van der Waals surface area contributed by atoms with Crippen molar-refractivity contribution in [1.29, 1.82) is 0 Å². The molecule has 0 bridgehead atoms. The zero-order valence-electron chi connectivity index (χ0n) is 14.1. The summed E-state index contributed by atoms with van der Waals surface area (Å²) in [6.07, 6.45) is 8.05. The highest BCUT2D eigenvalue weighted by Gasteiger charge is 2.16. The number of carbonyl (C=O) groups is 2. The van der Waals surface area contributed by atoms with Crippen LogP contribution < -0.4 is 15.4 Å². The second kappa shape index (κ2) is 8.18. The van der Waals surface area contributed by atoms with E-state index in [9.17, 15) is 9.59 Å². The van der Waals surface area contributed by atoms with Gasteiger partial charge >= 0.3 is 0 Å². The van der Waals surface area contributed by atoms with Crippen LogP contribution in [0.1, 0.15) is 50.5 Å². The highest BCUT2D eigenvalue weighted by atomic mass is 16.5. The van der Waals surface area contributed by atoms with E-state index in [1.54, 1.807) is 0 Å². The average molecular weight is 330 g/mol. The first-order valence-electron chi connectivity index (χ1n) is 9.03. The Hall–Kier alpha value is -2.04. The molecule has 1 aliphatic heterocycles. The first-order valence-corrected chi connectivity index (χ1v) is 9.03. The van der Waals surface area contributed by atoms with E-state index in [1.807, 2.05) is 18.2 Å². The molecule has 130 valence electrons. The number of hydrogen-bond donors (Lipinski definition) is 2. The summed E-state index contributed by atoms with van der Waals surface area (Å²) in [5.74, 6) is 1.67. The van der Waals surface area contributed by atoms with Crippen LogP contribution in [0, 0.1) is 5.92 Å². The number of aryl methyl sites for hydroxylation is 1. The van der Waals surface area contributed by atoms with Crippen LogP contribution in [0.15, 0.2) is 18.2 Å². The third-order valence-corrected chi connectivity index (χ3v) is 4.92. The molecule has 2 aliphatic rings. The lowest BCUT2D eigenvalue weighted by Gasteiger charge is -2.17. The summed E-state index contributed by atoms with van der Waals surface area (Å²) in [5.41, 5.74) is 1.95. The van der Waals surface area contributed by atoms with Gasteiger partial charge in [-0.3, -0.25) is 9.59 Å². The summed E-state index contributed by atoms with van der Waals surface area (Å²) in [6, 6.07) is 5.65. The van der Waals surface area contributed by atoms with Gasteiger partial charge in [0.25, 0.3) is 0 Å². The van der Waals surface area contributed by atoms with Gasteiger partial charge in [0.05, 0.1) is 13.0 Å². The Bertz CT molecular complexity index is 594. The Balaban J connectivity index is 1.35. The van der Waals surface area contributed by atoms with Gasteiger partial charge in [-0.05, 0) is 42.5 Å². The maximum Gasteiger partial charge on any atom is 0.224 e. The molecule has 24 heavy (non-hydrogen) atoms.